The molecule has 0 aliphatic carbocycles. The second-order valence-corrected chi connectivity index (χ2v) is 5.11. The molecule has 0 fully saturated rings. The summed E-state index contributed by atoms with van der Waals surface area (Å²) >= 11 is 3.62. The number of halogens is 1. The van der Waals surface area contributed by atoms with Gasteiger partial charge in [-0.05, 0) is 41.9 Å². The zero-order valence-corrected chi connectivity index (χ0v) is 12.6. The average Bonchev–Trinajstić information content (AvgIpc) is 2.62. The smallest absolute Gasteiger partial charge is 0.0739 e. The third kappa shape index (κ3) is 2.58. The predicted octanol–water partition coefficient (Wildman–Crippen LogP) is 3.52. The van der Waals surface area contributed by atoms with E-state index >= 15 is 0 Å². The molecule has 0 saturated heterocycles. The zero-order chi connectivity index (χ0) is 13.1. The topological polar surface area (TPSA) is 21.1 Å². The monoisotopic (exact) mass is 307 g/mol. The van der Waals surface area contributed by atoms with Gasteiger partial charge in [-0.1, -0.05) is 18.2 Å². The Kier molecular flexibility index (Phi) is 4.07. The van der Waals surface area contributed by atoms with E-state index in [-0.39, 0.29) is 0 Å². The maximum absolute atomic E-state index is 4.43. The summed E-state index contributed by atoms with van der Waals surface area (Å²) in [4.78, 5) is 2.33. The van der Waals surface area contributed by atoms with Crippen LogP contribution in [0.5, 0.6) is 0 Å². The fourth-order valence-corrected chi connectivity index (χ4v) is 2.52. The van der Waals surface area contributed by atoms with Crippen molar-refractivity contribution in [3.8, 4) is 0 Å². The van der Waals surface area contributed by atoms with Gasteiger partial charge in [0.2, 0.25) is 0 Å². The van der Waals surface area contributed by atoms with Gasteiger partial charge in [-0.15, -0.1) is 0 Å². The number of hydrogen-bond donors (Lipinski definition) is 0. The number of aromatic nitrogens is 2. The molecule has 0 aliphatic heterocycles. The van der Waals surface area contributed by atoms with Crippen molar-refractivity contribution in [2.24, 2.45) is 7.05 Å². The average molecular weight is 308 g/mol. The van der Waals surface area contributed by atoms with Crippen molar-refractivity contribution in [1.82, 2.24) is 9.78 Å². The number of aryl methyl sites for hydroxylation is 2. The molecule has 0 atom stereocenters. The van der Waals surface area contributed by atoms with E-state index in [4.69, 9.17) is 0 Å². The van der Waals surface area contributed by atoms with Crippen LogP contribution in [0.4, 0.5) is 5.69 Å². The summed E-state index contributed by atoms with van der Waals surface area (Å²) in [7, 11) is 1.99. The predicted molar refractivity (Wildman–Crippen MR) is 78.8 cm³/mol. The van der Waals surface area contributed by atoms with E-state index in [2.05, 4.69) is 57.1 Å². The number of para-hydroxylation sites is 1. The molecule has 18 heavy (non-hydrogen) atoms. The van der Waals surface area contributed by atoms with Gasteiger partial charge >= 0.3 is 0 Å². The van der Waals surface area contributed by atoms with Crippen LogP contribution < -0.4 is 4.90 Å². The van der Waals surface area contributed by atoms with Crippen molar-refractivity contribution in [3.05, 3.63) is 46.2 Å². The quantitative estimate of drug-likeness (QED) is 0.862. The van der Waals surface area contributed by atoms with Gasteiger partial charge < -0.3 is 4.90 Å². The normalized spacial score (nSPS) is 10.7. The number of hydrogen-bond acceptors (Lipinski definition) is 2. The van der Waals surface area contributed by atoms with Crippen molar-refractivity contribution in [1.29, 1.82) is 0 Å². The van der Waals surface area contributed by atoms with Gasteiger partial charge in [0.05, 0.1) is 22.4 Å². The molecule has 0 saturated carbocycles. The number of anilines is 1. The van der Waals surface area contributed by atoms with Crippen molar-refractivity contribution in [2.45, 2.75) is 20.4 Å². The number of nitrogens with zero attached hydrogens (tertiary/aromatic N) is 3. The number of rotatable bonds is 4. The van der Waals surface area contributed by atoms with E-state index in [0.29, 0.717) is 0 Å². The van der Waals surface area contributed by atoms with Crippen LogP contribution in [0.25, 0.3) is 0 Å². The minimum Gasteiger partial charge on any atom is -0.366 e. The van der Waals surface area contributed by atoms with E-state index in [9.17, 15) is 0 Å². The second-order valence-electron chi connectivity index (χ2n) is 4.32. The maximum atomic E-state index is 4.43. The van der Waals surface area contributed by atoms with Crippen molar-refractivity contribution in [3.63, 3.8) is 0 Å². The highest BCUT2D eigenvalue weighted by molar-refractivity contribution is 9.10. The molecule has 96 valence electrons. The Morgan fingerprint density at radius 2 is 1.94 bits per heavy atom. The summed E-state index contributed by atoms with van der Waals surface area (Å²) in [6.07, 6.45) is 0. The van der Waals surface area contributed by atoms with Crippen LogP contribution in [0.3, 0.4) is 0 Å². The molecule has 2 aromatic rings. The summed E-state index contributed by atoms with van der Waals surface area (Å²) in [5.41, 5.74) is 3.49. The zero-order valence-electron chi connectivity index (χ0n) is 11.0. The minimum absolute atomic E-state index is 0.860. The Hall–Kier alpha value is -1.29. The summed E-state index contributed by atoms with van der Waals surface area (Å²) in [6.45, 7) is 6.02. The van der Waals surface area contributed by atoms with Crippen molar-refractivity contribution >= 4 is 21.6 Å². The van der Waals surface area contributed by atoms with Crippen LogP contribution in [0, 0.1) is 6.92 Å². The SMILES string of the molecule is CCN(Cc1c(Br)c(C)nn1C)c1ccccc1. The Morgan fingerprint density at radius 1 is 1.28 bits per heavy atom. The lowest BCUT2D eigenvalue weighted by Crippen LogP contribution is -2.23. The van der Waals surface area contributed by atoms with E-state index in [0.717, 1.165) is 23.3 Å². The van der Waals surface area contributed by atoms with Crippen LogP contribution in [0.1, 0.15) is 18.3 Å². The van der Waals surface area contributed by atoms with Crippen LogP contribution in [-0.2, 0) is 13.6 Å². The first-order valence-electron chi connectivity index (χ1n) is 6.11. The van der Waals surface area contributed by atoms with E-state index < -0.39 is 0 Å². The summed E-state index contributed by atoms with van der Waals surface area (Å²) in [6, 6.07) is 10.5. The highest BCUT2D eigenvalue weighted by atomic mass is 79.9. The Balaban J connectivity index is 2.26. The van der Waals surface area contributed by atoms with Gasteiger partial charge in [0, 0.05) is 19.3 Å². The lowest BCUT2D eigenvalue weighted by Gasteiger charge is -2.23. The molecule has 0 radical (unpaired) electrons. The van der Waals surface area contributed by atoms with E-state index in [1.165, 1.54) is 11.4 Å². The van der Waals surface area contributed by atoms with E-state index in [1.54, 1.807) is 0 Å². The molecule has 1 aromatic heterocycles. The first kappa shape index (κ1) is 13.1. The fourth-order valence-electron chi connectivity index (χ4n) is 2.06. The van der Waals surface area contributed by atoms with Crippen LogP contribution in [0.2, 0.25) is 0 Å². The first-order chi connectivity index (χ1) is 8.63. The van der Waals surface area contributed by atoms with Crippen LogP contribution >= 0.6 is 15.9 Å². The molecule has 1 heterocycles. The molecule has 0 N–H and O–H groups in total. The Labute approximate surface area is 117 Å². The molecule has 0 amide bonds. The Morgan fingerprint density at radius 3 is 2.44 bits per heavy atom. The highest BCUT2D eigenvalue weighted by Gasteiger charge is 2.14. The van der Waals surface area contributed by atoms with Crippen LogP contribution in [0.15, 0.2) is 34.8 Å². The Bertz CT molecular complexity index is 519. The molecule has 0 unspecified atom stereocenters. The minimum atomic E-state index is 0.860. The fraction of sp³-hybridized carbons (Fsp3) is 0.357. The summed E-state index contributed by atoms with van der Waals surface area (Å²) < 4.78 is 3.06. The lowest BCUT2D eigenvalue weighted by molar-refractivity contribution is 0.680. The standard InChI is InChI=1S/C14H18BrN3/c1-4-18(12-8-6-5-7-9-12)10-13-14(15)11(2)16-17(13)3/h5-9H,4,10H2,1-3H3. The third-order valence-electron chi connectivity index (χ3n) is 3.11. The molecule has 3 nitrogen and oxygen atoms in total. The van der Waals surface area contributed by atoms with Crippen molar-refractivity contribution in [2.75, 3.05) is 11.4 Å². The van der Waals surface area contributed by atoms with E-state index in [1.807, 2.05) is 24.7 Å². The first-order valence-corrected chi connectivity index (χ1v) is 6.90. The molecule has 0 bridgehead atoms. The van der Waals surface area contributed by atoms with Gasteiger partial charge in [0.25, 0.3) is 0 Å². The summed E-state index contributed by atoms with van der Waals surface area (Å²) in [5.74, 6) is 0. The van der Waals surface area contributed by atoms with Gasteiger partial charge in [0.1, 0.15) is 0 Å². The molecular formula is C14H18BrN3. The lowest BCUT2D eigenvalue weighted by atomic mass is 10.2. The van der Waals surface area contributed by atoms with Gasteiger partial charge in [0.15, 0.2) is 0 Å². The van der Waals surface area contributed by atoms with Gasteiger partial charge in [-0.2, -0.15) is 5.10 Å². The third-order valence-corrected chi connectivity index (χ3v) is 4.14. The molecule has 4 heteroatoms. The molecular weight excluding hydrogens is 290 g/mol. The largest absolute Gasteiger partial charge is 0.366 e. The molecule has 0 spiro atoms. The maximum Gasteiger partial charge on any atom is 0.0739 e. The highest BCUT2D eigenvalue weighted by Crippen LogP contribution is 2.24. The van der Waals surface area contributed by atoms with Crippen LogP contribution in [-0.4, -0.2) is 16.3 Å². The molecule has 0 aliphatic rings. The van der Waals surface area contributed by atoms with Gasteiger partial charge in [-0.3, -0.25) is 4.68 Å². The summed E-state index contributed by atoms with van der Waals surface area (Å²) in [5, 5.41) is 4.43. The second kappa shape index (κ2) is 5.57. The molecule has 1 aromatic carbocycles. The number of benzene rings is 1. The van der Waals surface area contributed by atoms with Gasteiger partial charge in [-0.25, -0.2) is 0 Å². The van der Waals surface area contributed by atoms with Crippen molar-refractivity contribution < 1.29 is 0 Å². The molecule has 2 rings (SSSR count).